The lowest BCUT2D eigenvalue weighted by Crippen LogP contribution is -2.27. The van der Waals surface area contributed by atoms with Crippen molar-refractivity contribution in [1.29, 1.82) is 0 Å². The molecule has 0 aliphatic heterocycles. The van der Waals surface area contributed by atoms with Gasteiger partial charge in [-0.05, 0) is 18.9 Å². The third kappa shape index (κ3) is 5.96. The van der Waals surface area contributed by atoms with E-state index in [0.717, 1.165) is 0 Å². The van der Waals surface area contributed by atoms with Crippen molar-refractivity contribution in [2.24, 2.45) is 0 Å². The molecule has 1 atom stereocenters. The van der Waals surface area contributed by atoms with Gasteiger partial charge in [0.2, 0.25) is 0 Å². The first-order valence-electron chi connectivity index (χ1n) is 7.05. The number of esters is 1. The first-order chi connectivity index (χ1) is 11.0. The summed E-state index contributed by atoms with van der Waals surface area (Å²) < 4.78 is 10.3. The Morgan fingerprint density at radius 2 is 1.96 bits per heavy atom. The number of carbonyl (C=O) groups is 2. The van der Waals surface area contributed by atoms with E-state index in [1.54, 1.807) is 6.08 Å². The van der Waals surface area contributed by atoms with E-state index < -0.39 is 18.0 Å². The van der Waals surface area contributed by atoms with Gasteiger partial charge in [0.1, 0.15) is 5.76 Å². The maximum absolute atomic E-state index is 12.1. The lowest BCUT2D eigenvalue weighted by molar-refractivity contribution is -0.255. The summed E-state index contributed by atoms with van der Waals surface area (Å²) in [5.41, 5.74) is -0.407. The molecule has 1 unspecified atom stereocenters. The topological polar surface area (TPSA) is 95.9 Å². The van der Waals surface area contributed by atoms with Gasteiger partial charge in [0.25, 0.3) is 0 Å². The van der Waals surface area contributed by atoms with E-state index in [1.807, 2.05) is 0 Å². The molecule has 124 valence electrons. The molecule has 0 radical (unpaired) electrons. The molecule has 0 aliphatic carbocycles. The van der Waals surface area contributed by atoms with Gasteiger partial charge in [-0.2, -0.15) is 0 Å². The number of aliphatic hydroxyl groups is 1. The minimum absolute atomic E-state index is 0.137. The van der Waals surface area contributed by atoms with Crippen LogP contribution in [0.5, 0.6) is 0 Å². The molecule has 1 aromatic carbocycles. The summed E-state index contributed by atoms with van der Waals surface area (Å²) in [6, 6.07) is 5.55. The number of rotatable bonds is 10. The maximum Gasteiger partial charge on any atom is 0.339 e. The molecular formula is C17H19O6-. The molecule has 1 rings (SSSR count). The first-order valence-corrected chi connectivity index (χ1v) is 7.05. The Hall–Kier alpha value is -2.60. The number of ether oxygens (including phenoxy) is 2. The fourth-order valence-corrected chi connectivity index (χ4v) is 1.86. The highest BCUT2D eigenvalue weighted by Gasteiger charge is 2.20. The molecular weight excluding hydrogens is 300 g/mol. The lowest BCUT2D eigenvalue weighted by atomic mass is 10.1. The van der Waals surface area contributed by atoms with Gasteiger partial charge in [0, 0.05) is 12.2 Å². The van der Waals surface area contributed by atoms with Gasteiger partial charge in [0.15, 0.2) is 6.10 Å². The molecule has 0 bridgehead atoms. The fourth-order valence-electron chi connectivity index (χ4n) is 1.86. The van der Waals surface area contributed by atoms with Crippen LogP contribution in [-0.2, 0) is 9.47 Å². The van der Waals surface area contributed by atoms with E-state index in [9.17, 15) is 19.8 Å². The summed E-state index contributed by atoms with van der Waals surface area (Å²) in [6.07, 6.45) is 1.49. The van der Waals surface area contributed by atoms with E-state index in [-0.39, 0.29) is 16.9 Å². The van der Waals surface area contributed by atoms with E-state index in [4.69, 9.17) is 9.47 Å². The smallest absolute Gasteiger partial charge is 0.339 e. The Labute approximate surface area is 134 Å². The quantitative estimate of drug-likeness (QED) is 0.305. The molecule has 0 saturated heterocycles. The Morgan fingerprint density at radius 3 is 2.52 bits per heavy atom. The summed E-state index contributed by atoms with van der Waals surface area (Å²) >= 11 is 0. The van der Waals surface area contributed by atoms with E-state index in [0.29, 0.717) is 26.1 Å². The fraction of sp³-hybridized carbons (Fsp3) is 0.294. The van der Waals surface area contributed by atoms with Gasteiger partial charge in [-0.15, -0.1) is 6.58 Å². The Morgan fingerprint density at radius 1 is 1.30 bits per heavy atom. The van der Waals surface area contributed by atoms with Crippen molar-refractivity contribution in [2.45, 2.75) is 18.9 Å². The lowest BCUT2D eigenvalue weighted by Gasteiger charge is -2.18. The number of carboxylic acid groups (broad SMARTS) is 1. The van der Waals surface area contributed by atoms with E-state index in [1.165, 1.54) is 24.3 Å². The molecule has 0 saturated carbocycles. The average molecular weight is 319 g/mol. The zero-order valence-electron chi connectivity index (χ0n) is 12.7. The highest BCUT2D eigenvalue weighted by atomic mass is 16.6. The van der Waals surface area contributed by atoms with E-state index in [2.05, 4.69) is 13.2 Å². The summed E-state index contributed by atoms with van der Waals surface area (Å²) in [4.78, 5) is 23.1. The van der Waals surface area contributed by atoms with Crippen LogP contribution < -0.4 is 5.11 Å². The van der Waals surface area contributed by atoms with Crippen LogP contribution in [0, 0.1) is 0 Å². The van der Waals surface area contributed by atoms with Crippen LogP contribution in [0.15, 0.2) is 49.3 Å². The Kier molecular flexibility index (Phi) is 7.56. The SMILES string of the molecule is C=CCOCCCC(OC(=O)c1ccccc1C(=O)[O-])C(=C)O. The zero-order chi connectivity index (χ0) is 17.2. The van der Waals surface area contributed by atoms with Gasteiger partial charge >= 0.3 is 5.97 Å². The largest absolute Gasteiger partial charge is 0.545 e. The summed E-state index contributed by atoms with van der Waals surface area (Å²) in [5.74, 6) is -2.65. The monoisotopic (exact) mass is 319 g/mol. The summed E-state index contributed by atoms with van der Waals surface area (Å²) in [5, 5.41) is 20.5. The van der Waals surface area contributed by atoms with Gasteiger partial charge in [0.05, 0.1) is 18.1 Å². The summed E-state index contributed by atoms with van der Waals surface area (Å²) in [7, 11) is 0. The van der Waals surface area contributed by atoms with Crippen molar-refractivity contribution in [3.8, 4) is 0 Å². The van der Waals surface area contributed by atoms with Crippen molar-refractivity contribution in [2.75, 3.05) is 13.2 Å². The minimum atomic E-state index is -1.48. The van der Waals surface area contributed by atoms with E-state index >= 15 is 0 Å². The van der Waals surface area contributed by atoms with Gasteiger partial charge in [-0.3, -0.25) is 0 Å². The number of aromatic carboxylic acids is 1. The van der Waals surface area contributed by atoms with Gasteiger partial charge < -0.3 is 24.5 Å². The number of hydrogen-bond donors (Lipinski definition) is 1. The molecule has 0 heterocycles. The number of carbonyl (C=O) groups excluding carboxylic acids is 2. The van der Waals surface area contributed by atoms with Crippen molar-refractivity contribution in [3.63, 3.8) is 0 Å². The van der Waals surface area contributed by atoms with Crippen LogP contribution in [0.25, 0.3) is 0 Å². The molecule has 0 aliphatic rings. The van der Waals surface area contributed by atoms with Gasteiger partial charge in [-0.1, -0.05) is 30.9 Å². The Bertz CT molecular complexity index is 578. The van der Waals surface area contributed by atoms with Crippen LogP contribution in [0.1, 0.15) is 33.6 Å². The second-order valence-corrected chi connectivity index (χ2v) is 4.72. The van der Waals surface area contributed by atoms with Crippen LogP contribution in [0.3, 0.4) is 0 Å². The number of aliphatic hydroxyl groups excluding tert-OH is 1. The van der Waals surface area contributed by atoms with Crippen LogP contribution in [0.2, 0.25) is 0 Å². The number of benzene rings is 1. The highest BCUT2D eigenvalue weighted by molar-refractivity contribution is 6.01. The molecule has 1 aromatic rings. The maximum atomic E-state index is 12.1. The Balaban J connectivity index is 2.69. The number of carboxylic acids is 1. The second kappa shape index (κ2) is 9.42. The van der Waals surface area contributed by atoms with Crippen molar-refractivity contribution in [3.05, 3.63) is 60.4 Å². The molecule has 23 heavy (non-hydrogen) atoms. The molecule has 0 aromatic heterocycles. The molecule has 0 fully saturated rings. The molecule has 0 spiro atoms. The predicted molar refractivity (Wildman–Crippen MR) is 82.0 cm³/mol. The van der Waals surface area contributed by atoms with Gasteiger partial charge in [-0.25, -0.2) is 4.79 Å². The second-order valence-electron chi connectivity index (χ2n) is 4.72. The highest BCUT2D eigenvalue weighted by Crippen LogP contribution is 2.15. The third-order valence-corrected chi connectivity index (χ3v) is 2.98. The molecule has 1 N–H and O–H groups in total. The zero-order valence-corrected chi connectivity index (χ0v) is 12.7. The molecule has 0 amide bonds. The summed E-state index contributed by atoms with van der Waals surface area (Å²) in [6.45, 7) is 7.70. The first kappa shape index (κ1) is 18.4. The predicted octanol–water partition coefficient (Wildman–Crippen LogP) is 1.63. The normalized spacial score (nSPS) is 11.5. The van der Waals surface area contributed by atoms with Crippen LogP contribution >= 0.6 is 0 Å². The molecule has 6 nitrogen and oxygen atoms in total. The molecule has 6 heteroatoms. The van der Waals surface area contributed by atoms with Crippen LogP contribution in [0.4, 0.5) is 0 Å². The van der Waals surface area contributed by atoms with Crippen molar-refractivity contribution >= 4 is 11.9 Å². The van der Waals surface area contributed by atoms with Crippen molar-refractivity contribution < 1.29 is 29.3 Å². The number of hydrogen-bond acceptors (Lipinski definition) is 6. The van der Waals surface area contributed by atoms with Crippen LogP contribution in [-0.4, -0.2) is 36.4 Å². The van der Waals surface area contributed by atoms with Crippen molar-refractivity contribution in [1.82, 2.24) is 0 Å². The minimum Gasteiger partial charge on any atom is -0.545 e. The average Bonchev–Trinajstić information content (AvgIpc) is 2.53. The third-order valence-electron chi connectivity index (χ3n) is 2.98. The standard InChI is InChI=1S/C17H20O6/c1-3-10-22-11-6-9-15(12(2)18)23-17(21)14-8-5-4-7-13(14)16(19)20/h3-5,7-8,15,18H,1-2,6,9-11H2,(H,19,20)/p-1.